The van der Waals surface area contributed by atoms with Gasteiger partial charge in [-0.15, -0.1) is 0 Å². The Morgan fingerprint density at radius 3 is 2.47 bits per heavy atom. The standard InChI is InChI=1S/C13H25NO3/c1-3-7-13(8-4-2,12(15)16)14-10-11-6-5-9-17-11/h11,14H,3-10H2,1-2H3,(H,15,16). The monoisotopic (exact) mass is 243 g/mol. The summed E-state index contributed by atoms with van der Waals surface area (Å²) in [7, 11) is 0. The maximum absolute atomic E-state index is 11.5. The average molecular weight is 243 g/mol. The summed E-state index contributed by atoms with van der Waals surface area (Å²) in [6.45, 7) is 5.53. The van der Waals surface area contributed by atoms with Gasteiger partial charge in [-0.25, -0.2) is 0 Å². The van der Waals surface area contributed by atoms with E-state index < -0.39 is 11.5 Å². The fourth-order valence-corrected chi connectivity index (χ4v) is 2.56. The third-order valence-corrected chi connectivity index (χ3v) is 3.46. The summed E-state index contributed by atoms with van der Waals surface area (Å²) in [4.78, 5) is 11.5. The minimum absolute atomic E-state index is 0.197. The first-order valence-corrected chi connectivity index (χ1v) is 6.74. The van der Waals surface area contributed by atoms with Gasteiger partial charge >= 0.3 is 5.97 Å². The van der Waals surface area contributed by atoms with Crippen LogP contribution in [0.25, 0.3) is 0 Å². The molecule has 0 aromatic carbocycles. The molecule has 2 N–H and O–H groups in total. The number of hydrogen-bond acceptors (Lipinski definition) is 3. The zero-order chi connectivity index (χ0) is 12.7. The molecule has 0 saturated carbocycles. The normalized spacial score (nSPS) is 20.7. The van der Waals surface area contributed by atoms with Gasteiger partial charge in [-0.2, -0.15) is 0 Å². The molecule has 1 fully saturated rings. The lowest BCUT2D eigenvalue weighted by atomic mass is 9.88. The number of ether oxygens (including phenoxy) is 1. The van der Waals surface area contributed by atoms with E-state index in [1.165, 1.54) is 0 Å². The van der Waals surface area contributed by atoms with Gasteiger partial charge in [0.2, 0.25) is 0 Å². The van der Waals surface area contributed by atoms with Crippen LogP contribution >= 0.6 is 0 Å². The largest absolute Gasteiger partial charge is 0.480 e. The molecule has 1 rings (SSSR count). The average Bonchev–Trinajstić information content (AvgIpc) is 2.79. The zero-order valence-electron chi connectivity index (χ0n) is 11.0. The molecule has 4 nitrogen and oxygen atoms in total. The Kier molecular flexibility index (Phi) is 5.92. The van der Waals surface area contributed by atoms with E-state index >= 15 is 0 Å². The number of aliphatic carboxylic acids is 1. The van der Waals surface area contributed by atoms with Crippen molar-refractivity contribution in [1.29, 1.82) is 0 Å². The predicted octanol–water partition coefficient (Wildman–Crippen LogP) is 2.18. The molecule has 0 amide bonds. The molecule has 0 radical (unpaired) electrons. The second kappa shape index (κ2) is 6.97. The van der Waals surface area contributed by atoms with Crippen molar-refractivity contribution < 1.29 is 14.6 Å². The fraction of sp³-hybridized carbons (Fsp3) is 0.923. The van der Waals surface area contributed by atoms with E-state index in [0.29, 0.717) is 19.4 Å². The van der Waals surface area contributed by atoms with Crippen molar-refractivity contribution >= 4 is 5.97 Å². The van der Waals surface area contributed by atoms with E-state index in [0.717, 1.165) is 32.3 Å². The van der Waals surface area contributed by atoms with Gasteiger partial charge in [0, 0.05) is 13.2 Å². The minimum atomic E-state index is -0.755. The first-order valence-electron chi connectivity index (χ1n) is 6.74. The molecule has 0 bridgehead atoms. The molecule has 1 unspecified atom stereocenters. The Balaban J connectivity index is 2.56. The highest BCUT2D eigenvalue weighted by atomic mass is 16.5. The Morgan fingerprint density at radius 1 is 1.41 bits per heavy atom. The minimum Gasteiger partial charge on any atom is -0.480 e. The summed E-state index contributed by atoms with van der Waals surface area (Å²) >= 11 is 0. The van der Waals surface area contributed by atoms with Gasteiger partial charge in [-0.1, -0.05) is 26.7 Å². The summed E-state index contributed by atoms with van der Waals surface area (Å²) in [6.07, 6.45) is 5.46. The number of carboxylic acids is 1. The Labute approximate surface area is 104 Å². The van der Waals surface area contributed by atoms with Crippen LogP contribution in [0.2, 0.25) is 0 Å². The van der Waals surface area contributed by atoms with E-state index in [-0.39, 0.29) is 6.10 Å². The maximum atomic E-state index is 11.5. The highest BCUT2D eigenvalue weighted by Crippen LogP contribution is 2.21. The first-order chi connectivity index (χ1) is 8.14. The molecule has 1 heterocycles. The summed E-state index contributed by atoms with van der Waals surface area (Å²) in [5.74, 6) is -0.723. The number of nitrogens with one attached hydrogen (secondary N) is 1. The molecule has 0 aromatic rings. The van der Waals surface area contributed by atoms with Crippen LogP contribution < -0.4 is 5.32 Å². The topological polar surface area (TPSA) is 58.6 Å². The Hall–Kier alpha value is -0.610. The van der Waals surface area contributed by atoms with Crippen molar-refractivity contribution in [2.45, 2.75) is 64.0 Å². The van der Waals surface area contributed by atoms with Crippen molar-refractivity contribution in [3.63, 3.8) is 0 Å². The molecular weight excluding hydrogens is 218 g/mol. The fourth-order valence-electron chi connectivity index (χ4n) is 2.56. The molecule has 1 atom stereocenters. The molecule has 0 aromatic heterocycles. The third kappa shape index (κ3) is 3.96. The lowest BCUT2D eigenvalue weighted by molar-refractivity contribution is -0.146. The van der Waals surface area contributed by atoms with Gasteiger partial charge < -0.3 is 9.84 Å². The second-order valence-electron chi connectivity index (χ2n) is 4.90. The van der Waals surface area contributed by atoms with Crippen LogP contribution in [0.1, 0.15) is 52.4 Å². The Morgan fingerprint density at radius 2 is 2.06 bits per heavy atom. The maximum Gasteiger partial charge on any atom is 0.323 e. The molecule has 0 spiro atoms. The first kappa shape index (κ1) is 14.5. The second-order valence-corrected chi connectivity index (χ2v) is 4.90. The number of carboxylic acid groups (broad SMARTS) is 1. The zero-order valence-corrected chi connectivity index (χ0v) is 11.0. The van der Waals surface area contributed by atoms with Crippen LogP contribution in [-0.2, 0) is 9.53 Å². The van der Waals surface area contributed by atoms with Crippen LogP contribution in [0.15, 0.2) is 0 Å². The highest BCUT2D eigenvalue weighted by Gasteiger charge is 2.36. The van der Waals surface area contributed by atoms with E-state index in [9.17, 15) is 9.90 Å². The molecular formula is C13H25NO3. The summed E-state index contributed by atoms with van der Waals surface area (Å²) in [6, 6.07) is 0. The van der Waals surface area contributed by atoms with Gasteiger partial charge in [0.1, 0.15) is 5.54 Å². The van der Waals surface area contributed by atoms with E-state index in [4.69, 9.17) is 4.74 Å². The number of hydrogen-bond donors (Lipinski definition) is 2. The van der Waals surface area contributed by atoms with Crippen molar-refractivity contribution in [2.24, 2.45) is 0 Å². The van der Waals surface area contributed by atoms with Crippen molar-refractivity contribution in [3.8, 4) is 0 Å². The molecule has 17 heavy (non-hydrogen) atoms. The molecule has 1 saturated heterocycles. The van der Waals surface area contributed by atoms with Crippen LogP contribution in [0, 0.1) is 0 Å². The van der Waals surface area contributed by atoms with Gasteiger partial charge in [-0.3, -0.25) is 10.1 Å². The Bertz CT molecular complexity index is 231. The van der Waals surface area contributed by atoms with Gasteiger partial charge in [0.25, 0.3) is 0 Å². The molecule has 1 aliphatic heterocycles. The summed E-state index contributed by atoms with van der Waals surface area (Å²) < 4.78 is 5.53. The quantitative estimate of drug-likeness (QED) is 0.686. The van der Waals surface area contributed by atoms with E-state index in [1.54, 1.807) is 0 Å². The van der Waals surface area contributed by atoms with Crippen molar-refractivity contribution in [3.05, 3.63) is 0 Å². The third-order valence-electron chi connectivity index (χ3n) is 3.46. The van der Waals surface area contributed by atoms with Crippen LogP contribution in [-0.4, -0.2) is 35.9 Å². The summed E-state index contributed by atoms with van der Waals surface area (Å²) in [5.41, 5.74) is -0.755. The van der Waals surface area contributed by atoms with Crippen molar-refractivity contribution in [1.82, 2.24) is 5.32 Å². The van der Waals surface area contributed by atoms with E-state index in [2.05, 4.69) is 5.32 Å². The molecule has 4 heteroatoms. The van der Waals surface area contributed by atoms with Gasteiger partial charge in [0.05, 0.1) is 6.10 Å². The molecule has 1 aliphatic rings. The number of carbonyl (C=O) groups is 1. The van der Waals surface area contributed by atoms with Crippen molar-refractivity contribution in [2.75, 3.05) is 13.2 Å². The SMILES string of the molecule is CCCC(CCC)(NCC1CCCO1)C(=O)O. The smallest absolute Gasteiger partial charge is 0.323 e. The van der Waals surface area contributed by atoms with Crippen LogP contribution in [0.3, 0.4) is 0 Å². The summed E-state index contributed by atoms with van der Waals surface area (Å²) in [5, 5.41) is 12.7. The lowest BCUT2D eigenvalue weighted by Crippen LogP contribution is -2.54. The van der Waals surface area contributed by atoms with Crippen LogP contribution in [0.4, 0.5) is 0 Å². The number of rotatable bonds is 8. The molecule has 0 aliphatic carbocycles. The molecule has 100 valence electrons. The van der Waals surface area contributed by atoms with E-state index in [1.807, 2.05) is 13.8 Å². The van der Waals surface area contributed by atoms with Gasteiger partial charge in [-0.05, 0) is 25.7 Å². The van der Waals surface area contributed by atoms with Gasteiger partial charge in [0.15, 0.2) is 0 Å². The lowest BCUT2D eigenvalue weighted by Gasteiger charge is -2.31. The highest BCUT2D eigenvalue weighted by molar-refractivity contribution is 5.78. The van der Waals surface area contributed by atoms with Crippen LogP contribution in [0.5, 0.6) is 0 Å². The predicted molar refractivity (Wildman–Crippen MR) is 67.2 cm³/mol.